The number of carbonyl (C=O) groups excluding carboxylic acids is 2. The summed E-state index contributed by atoms with van der Waals surface area (Å²) in [6.07, 6.45) is 11.4. The van der Waals surface area contributed by atoms with E-state index < -0.39 is 0 Å². The quantitative estimate of drug-likeness (QED) is 0.743. The monoisotopic (exact) mass is 312 g/mol. The van der Waals surface area contributed by atoms with Gasteiger partial charge in [0.2, 0.25) is 0 Å². The first-order valence-electron chi connectivity index (χ1n) is 8.65. The summed E-state index contributed by atoms with van der Waals surface area (Å²) in [5, 5.41) is 0. The summed E-state index contributed by atoms with van der Waals surface area (Å²) in [6, 6.07) is 0. The molecule has 0 aromatic rings. The van der Waals surface area contributed by atoms with E-state index in [0.717, 1.165) is 30.6 Å². The zero-order chi connectivity index (χ0) is 16.4. The van der Waals surface area contributed by atoms with Crippen molar-refractivity contribution in [1.29, 1.82) is 0 Å². The molecule has 0 aromatic carbocycles. The van der Waals surface area contributed by atoms with Gasteiger partial charge in [-0.3, -0.25) is 9.59 Å². The van der Waals surface area contributed by atoms with E-state index in [2.05, 4.69) is 26.0 Å². The number of ether oxygens (including phenoxy) is 1. The number of rotatable bonds is 1. The van der Waals surface area contributed by atoms with Crippen molar-refractivity contribution in [2.75, 3.05) is 7.11 Å². The van der Waals surface area contributed by atoms with Crippen molar-refractivity contribution in [1.82, 2.24) is 0 Å². The van der Waals surface area contributed by atoms with E-state index in [9.17, 15) is 9.59 Å². The Balaban J connectivity index is 1.85. The summed E-state index contributed by atoms with van der Waals surface area (Å²) < 4.78 is 5.65. The minimum atomic E-state index is -0.164. The number of Topliss-reactive ketones (excluding diaryl/α,β-unsaturated/α-hetero) is 1. The van der Waals surface area contributed by atoms with Gasteiger partial charge in [-0.25, -0.2) is 0 Å². The number of carbonyl (C=O) groups is 2. The predicted octanol–water partition coefficient (Wildman–Crippen LogP) is 3.61. The molecule has 3 heteroatoms. The summed E-state index contributed by atoms with van der Waals surface area (Å²) in [5.41, 5.74) is 0.690. The second-order valence-corrected chi connectivity index (χ2v) is 8.02. The largest absolute Gasteiger partial charge is 0.497 e. The van der Waals surface area contributed by atoms with Crippen LogP contribution in [-0.4, -0.2) is 18.7 Å². The molecule has 4 aliphatic rings. The smallest absolute Gasteiger partial charge is 0.178 e. The van der Waals surface area contributed by atoms with Crippen LogP contribution in [0.4, 0.5) is 0 Å². The molecule has 122 valence electrons. The van der Waals surface area contributed by atoms with Crippen molar-refractivity contribution in [3.05, 3.63) is 35.6 Å². The molecule has 23 heavy (non-hydrogen) atoms. The van der Waals surface area contributed by atoms with Gasteiger partial charge in [0.25, 0.3) is 0 Å². The first-order valence-corrected chi connectivity index (χ1v) is 8.65. The van der Waals surface area contributed by atoms with Gasteiger partial charge in [-0.15, -0.1) is 0 Å². The first kappa shape index (κ1) is 14.9. The third kappa shape index (κ3) is 1.82. The minimum absolute atomic E-state index is 0.0376. The van der Waals surface area contributed by atoms with Crippen LogP contribution in [0.15, 0.2) is 35.6 Å². The van der Waals surface area contributed by atoms with Crippen LogP contribution in [0.25, 0.3) is 0 Å². The van der Waals surface area contributed by atoms with Gasteiger partial charge in [0.05, 0.1) is 7.11 Å². The second-order valence-electron chi connectivity index (χ2n) is 8.02. The number of hydrogen-bond acceptors (Lipinski definition) is 3. The fourth-order valence-corrected chi connectivity index (χ4v) is 5.69. The van der Waals surface area contributed by atoms with Gasteiger partial charge < -0.3 is 4.74 Å². The summed E-state index contributed by atoms with van der Waals surface area (Å²) in [4.78, 5) is 24.3. The van der Waals surface area contributed by atoms with Gasteiger partial charge in [0.15, 0.2) is 5.78 Å². The highest BCUT2D eigenvalue weighted by molar-refractivity contribution is 6.01. The Morgan fingerprint density at radius 2 is 1.96 bits per heavy atom. The Morgan fingerprint density at radius 1 is 1.17 bits per heavy atom. The molecule has 4 rings (SSSR count). The number of fused-ring (bicyclic) bond motifs is 5. The van der Waals surface area contributed by atoms with Gasteiger partial charge in [-0.2, -0.15) is 0 Å². The fraction of sp³-hybridized carbons (Fsp3) is 0.600. The summed E-state index contributed by atoms with van der Waals surface area (Å²) in [5.74, 6) is 2.51. The normalized spacial score (nSPS) is 44.9. The van der Waals surface area contributed by atoms with Crippen molar-refractivity contribution < 1.29 is 14.3 Å². The molecule has 4 aliphatic carbocycles. The molecule has 0 saturated heterocycles. The molecule has 0 amide bonds. The maximum Gasteiger partial charge on any atom is 0.178 e. The van der Waals surface area contributed by atoms with Crippen LogP contribution in [0.3, 0.4) is 0 Å². The van der Waals surface area contributed by atoms with Crippen molar-refractivity contribution >= 4 is 11.6 Å². The van der Waals surface area contributed by atoms with Gasteiger partial charge in [-0.05, 0) is 55.2 Å². The lowest BCUT2D eigenvalue weighted by atomic mass is 9.50. The maximum atomic E-state index is 12.4. The van der Waals surface area contributed by atoms with Gasteiger partial charge in [-0.1, -0.05) is 19.9 Å². The van der Waals surface area contributed by atoms with E-state index in [1.165, 1.54) is 0 Å². The predicted molar refractivity (Wildman–Crippen MR) is 87.5 cm³/mol. The van der Waals surface area contributed by atoms with Crippen LogP contribution in [0.1, 0.15) is 39.5 Å². The van der Waals surface area contributed by atoms with Crippen LogP contribution >= 0.6 is 0 Å². The SMILES string of the molecule is COC1=C[C@@H]2[C@H](CC[C@]3(C)C(=O)CC[C@@H]23)[C@@]2(C)C=CC(=O)C=C12. The third-order valence-corrected chi connectivity index (χ3v) is 7.10. The third-order valence-electron chi connectivity index (χ3n) is 7.10. The highest BCUT2D eigenvalue weighted by Crippen LogP contribution is 2.62. The zero-order valence-electron chi connectivity index (χ0n) is 14.1. The Hall–Kier alpha value is -1.64. The molecule has 0 N–H and O–H groups in total. The van der Waals surface area contributed by atoms with E-state index in [1.54, 1.807) is 19.3 Å². The van der Waals surface area contributed by atoms with Crippen LogP contribution in [0.5, 0.6) is 0 Å². The van der Waals surface area contributed by atoms with Crippen molar-refractivity contribution in [2.24, 2.45) is 28.6 Å². The van der Waals surface area contributed by atoms with E-state index in [4.69, 9.17) is 4.74 Å². The molecule has 0 spiro atoms. The molecular formula is C20H24O3. The lowest BCUT2D eigenvalue weighted by molar-refractivity contribution is -0.130. The Kier molecular flexibility index (Phi) is 3.04. The zero-order valence-corrected chi connectivity index (χ0v) is 14.1. The number of hydrogen-bond donors (Lipinski definition) is 0. The van der Waals surface area contributed by atoms with E-state index >= 15 is 0 Å². The van der Waals surface area contributed by atoms with Crippen molar-refractivity contribution in [3.63, 3.8) is 0 Å². The number of allylic oxidation sites excluding steroid dienone is 5. The molecule has 0 aliphatic heterocycles. The molecule has 0 unspecified atom stereocenters. The molecule has 2 saturated carbocycles. The Labute approximate surface area is 137 Å². The molecule has 0 aromatic heterocycles. The highest BCUT2D eigenvalue weighted by Gasteiger charge is 2.58. The van der Waals surface area contributed by atoms with Crippen LogP contribution in [0, 0.1) is 28.6 Å². The lowest BCUT2D eigenvalue weighted by Crippen LogP contribution is -2.49. The van der Waals surface area contributed by atoms with E-state index in [1.807, 2.05) is 0 Å². The van der Waals surface area contributed by atoms with Gasteiger partial charge in [0, 0.05) is 22.8 Å². The summed E-state index contributed by atoms with van der Waals surface area (Å²) in [7, 11) is 1.68. The average molecular weight is 312 g/mol. The Morgan fingerprint density at radius 3 is 2.70 bits per heavy atom. The standard InChI is InChI=1S/C20H24O3/c1-19-8-6-12(21)10-16(19)17(23-3)11-13-14-4-5-18(22)20(14,2)9-7-15(13)19/h6,8,10-11,13-15H,4-5,7,9H2,1-3H3/t13-,14-,15-,19+,20-/m0/s1. The minimum Gasteiger partial charge on any atom is -0.497 e. The molecule has 5 atom stereocenters. The average Bonchev–Trinajstić information content (AvgIpc) is 2.83. The van der Waals surface area contributed by atoms with Crippen molar-refractivity contribution in [2.45, 2.75) is 39.5 Å². The fourth-order valence-electron chi connectivity index (χ4n) is 5.69. The van der Waals surface area contributed by atoms with Crippen LogP contribution in [-0.2, 0) is 14.3 Å². The van der Waals surface area contributed by atoms with E-state index in [-0.39, 0.29) is 16.6 Å². The Bertz CT molecular complexity index is 683. The molecule has 3 nitrogen and oxygen atoms in total. The van der Waals surface area contributed by atoms with E-state index in [0.29, 0.717) is 30.0 Å². The van der Waals surface area contributed by atoms with Gasteiger partial charge >= 0.3 is 0 Å². The lowest BCUT2D eigenvalue weighted by Gasteiger charge is -2.53. The summed E-state index contributed by atoms with van der Waals surface area (Å²) in [6.45, 7) is 4.39. The number of methoxy groups -OCH3 is 1. The molecule has 0 radical (unpaired) electrons. The molecular weight excluding hydrogens is 288 g/mol. The topological polar surface area (TPSA) is 43.4 Å². The first-order chi connectivity index (χ1) is 10.9. The highest BCUT2D eigenvalue weighted by atomic mass is 16.5. The van der Waals surface area contributed by atoms with Crippen LogP contribution < -0.4 is 0 Å². The van der Waals surface area contributed by atoms with Crippen molar-refractivity contribution in [3.8, 4) is 0 Å². The summed E-state index contributed by atoms with van der Waals surface area (Å²) >= 11 is 0. The van der Waals surface area contributed by atoms with Crippen LogP contribution in [0.2, 0.25) is 0 Å². The number of ketones is 2. The molecule has 0 bridgehead atoms. The molecule has 0 heterocycles. The van der Waals surface area contributed by atoms with Gasteiger partial charge in [0.1, 0.15) is 11.5 Å². The molecule has 2 fully saturated rings. The second kappa shape index (κ2) is 4.68. The maximum absolute atomic E-state index is 12.4.